The molecule has 0 aliphatic carbocycles. The smallest absolute Gasteiger partial charge is 0.247 e. The lowest BCUT2D eigenvalue weighted by Crippen LogP contribution is -2.39. The maximum Gasteiger partial charge on any atom is 0.247 e. The van der Waals surface area contributed by atoms with E-state index in [9.17, 15) is 4.79 Å². The highest BCUT2D eigenvalue weighted by Crippen LogP contribution is 2.27. The largest absolute Gasteiger partial charge is 0.348 e. The molecule has 1 amide bonds. The Morgan fingerprint density at radius 3 is 2.65 bits per heavy atom. The monoisotopic (exact) mass is 308 g/mol. The lowest BCUT2D eigenvalue weighted by molar-refractivity contribution is -0.129. The quantitative estimate of drug-likeness (QED) is 0.780. The molecular formula is C20H24N2O. The number of hydrogen-bond donors (Lipinski definition) is 0. The fourth-order valence-electron chi connectivity index (χ4n) is 3.27. The lowest BCUT2D eigenvalue weighted by Gasteiger charge is -2.34. The summed E-state index contributed by atoms with van der Waals surface area (Å²) in [6, 6.07) is 12.7. The summed E-state index contributed by atoms with van der Waals surface area (Å²) in [7, 11) is 0. The van der Waals surface area contributed by atoms with Crippen LogP contribution in [0.1, 0.15) is 43.1 Å². The molecule has 1 aromatic carbocycles. The fourth-order valence-corrected chi connectivity index (χ4v) is 3.27. The number of aryl methyl sites for hydroxylation is 1. The van der Waals surface area contributed by atoms with E-state index in [0.29, 0.717) is 0 Å². The maximum absolute atomic E-state index is 12.8. The van der Waals surface area contributed by atoms with Gasteiger partial charge in [-0.3, -0.25) is 4.79 Å². The van der Waals surface area contributed by atoms with Crippen LogP contribution in [0.15, 0.2) is 48.7 Å². The third-order valence-corrected chi connectivity index (χ3v) is 4.73. The minimum atomic E-state index is 0.113. The second kappa shape index (κ2) is 6.45. The van der Waals surface area contributed by atoms with E-state index in [1.165, 1.54) is 11.3 Å². The molecule has 0 bridgehead atoms. The van der Waals surface area contributed by atoms with Gasteiger partial charge in [-0.2, -0.15) is 0 Å². The first-order valence-corrected chi connectivity index (χ1v) is 8.33. The van der Waals surface area contributed by atoms with Crippen molar-refractivity contribution in [2.75, 3.05) is 6.54 Å². The summed E-state index contributed by atoms with van der Waals surface area (Å²) >= 11 is 0. The SMILES string of the molecule is CC/C(=C\C(=O)N1CCn2cccc2[C@H]1C)c1ccc(C)cc1. The maximum atomic E-state index is 12.8. The van der Waals surface area contributed by atoms with E-state index in [4.69, 9.17) is 0 Å². The zero-order valence-electron chi connectivity index (χ0n) is 14.1. The van der Waals surface area contributed by atoms with Crippen molar-refractivity contribution in [3.05, 3.63) is 65.5 Å². The van der Waals surface area contributed by atoms with Crippen LogP contribution in [-0.4, -0.2) is 21.9 Å². The number of carbonyl (C=O) groups excluding carboxylic acids is 1. The predicted octanol–water partition coefficient (Wildman–Crippen LogP) is 4.19. The molecule has 120 valence electrons. The van der Waals surface area contributed by atoms with Gasteiger partial charge in [0.25, 0.3) is 0 Å². The first kappa shape index (κ1) is 15.6. The molecule has 0 fully saturated rings. The molecular weight excluding hydrogens is 284 g/mol. The van der Waals surface area contributed by atoms with E-state index in [-0.39, 0.29) is 11.9 Å². The first-order valence-electron chi connectivity index (χ1n) is 8.33. The average molecular weight is 308 g/mol. The molecule has 0 radical (unpaired) electrons. The van der Waals surface area contributed by atoms with Gasteiger partial charge >= 0.3 is 0 Å². The second-order valence-electron chi connectivity index (χ2n) is 6.22. The highest BCUT2D eigenvalue weighted by molar-refractivity contribution is 5.95. The van der Waals surface area contributed by atoms with Crippen molar-refractivity contribution in [2.45, 2.75) is 39.8 Å². The van der Waals surface area contributed by atoms with Gasteiger partial charge in [-0.05, 0) is 43.5 Å². The van der Waals surface area contributed by atoms with E-state index >= 15 is 0 Å². The van der Waals surface area contributed by atoms with Crippen LogP contribution in [0, 0.1) is 6.92 Å². The Kier molecular flexibility index (Phi) is 4.37. The topological polar surface area (TPSA) is 25.2 Å². The summed E-state index contributed by atoms with van der Waals surface area (Å²) in [5.41, 5.74) is 4.69. The fraction of sp³-hybridized carbons (Fsp3) is 0.350. The second-order valence-corrected chi connectivity index (χ2v) is 6.22. The summed E-state index contributed by atoms with van der Waals surface area (Å²) in [6.07, 6.45) is 4.76. The van der Waals surface area contributed by atoms with E-state index in [2.05, 4.69) is 67.9 Å². The predicted molar refractivity (Wildman–Crippen MR) is 94.0 cm³/mol. The van der Waals surface area contributed by atoms with Crippen LogP contribution in [0.3, 0.4) is 0 Å². The number of benzene rings is 1. The highest BCUT2D eigenvalue weighted by Gasteiger charge is 2.26. The molecule has 0 N–H and O–H groups in total. The van der Waals surface area contributed by atoms with Gasteiger partial charge in [0.1, 0.15) is 0 Å². The van der Waals surface area contributed by atoms with Crippen molar-refractivity contribution in [3.63, 3.8) is 0 Å². The van der Waals surface area contributed by atoms with Crippen LogP contribution >= 0.6 is 0 Å². The third-order valence-electron chi connectivity index (χ3n) is 4.73. The molecule has 0 spiro atoms. The zero-order chi connectivity index (χ0) is 16.4. The summed E-state index contributed by atoms with van der Waals surface area (Å²) < 4.78 is 2.23. The van der Waals surface area contributed by atoms with Gasteiger partial charge in [0.15, 0.2) is 0 Å². The van der Waals surface area contributed by atoms with Crippen molar-refractivity contribution in [3.8, 4) is 0 Å². The zero-order valence-corrected chi connectivity index (χ0v) is 14.1. The minimum Gasteiger partial charge on any atom is -0.348 e. The molecule has 3 rings (SSSR count). The summed E-state index contributed by atoms with van der Waals surface area (Å²) in [5.74, 6) is 0.113. The molecule has 2 heterocycles. The first-order chi connectivity index (χ1) is 11.1. The molecule has 1 aliphatic rings. The third kappa shape index (κ3) is 3.09. The molecule has 1 atom stereocenters. The van der Waals surface area contributed by atoms with E-state index in [0.717, 1.165) is 30.6 Å². The normalized spacial score (nSPS) is 18.0. The van der Waals surface area contributed by atoms with E-state index < -0.39 is 0 Å². The van der Waals surface area contributed by atoms with Crippen LogP contribution in [0.5, 0.6) is 0 Å². The van der Waals surface area contributed by atoms with Gasteiger partial charge in [0.05, 0.1) is 6.04 Å². The van der Waals surface area contributed by atoms with Crippen LogP contribution in [0.25, 0.3) is 5.57 Å². The van der Waals surface area contributed by atoms with Gasteiger partial charge in [-0.25, -0.2) is 0 Å². The number of allylic oxidation sites excluding steroid dienone is 1. The number of rotatable bonds is 3. The Balaban J connectivity index is 1.83. The van der Waals surface area contributed by atoms with Crippen LogP contribution in [0.4, 0.5) is 0 Å². The van der Waals surface area contributed by atoms with Crippen LogP contribution in [-0.2, 0) is 11.3 Å². The molecule has 1 aromatic heterocycles. The summed E-state index contributed by atoms with van der Waals surface area (Å²) in [6.45, 7) is 7.92. The summed E-state index contributed by atoms with van der Waals surface area (Å²) in [5, 5.41) is 0. The van der Waals surface area contributed by atoms with Crippen molar-refractivity contribution in [1.29, 1.82) is 0 Å². The van der Waals surface area contributed by atoms with Crippen molar-refractivity contribution < 1.29 is 4.79 Å². The number of nitrogens with zero attached hydrogens (tertiary/aromatic N) is 2. The van der Waals surface area contributed by atoms with Gasteiger partial charge < -0.3 is 9.47 Å². The van der Waals surface area contributed by atoms with Gasteiger partial charge in [0, 0.05) is 31.1 Å². The summed E-state index contributed by atoms with van der Waals surface area (Å²) in [4.78, 5) is 14.8. The Bertz CT molecular complexity index is 724. The molecule has 23 heavy (non-hydrogen) atoms. The standard InChI is InChI=1S/C20H24N2O/c1-4-17(18-9-7-15(2)8-10-18)14-20(23)22-13-12-21-11-5-6-19(21)16(22)3/h5-11,14,16H,4,12-13H2,1-3H3/b17-14+/t16-/m1/s1. The van der Waals surface area contributed by atoms with Gasteiger partial charge in [0.2, 0.25) is 5.91 Å². The Morgan fingerprint density at radius 2 is 1.96 bits per heavy atom. The minimum absolute atomic E-state index is 0.113. The van der Waals surface area contributed by atoms with Crippen LogP contribution in [0.2, 0.25) is 0 Å². The molecule has 0 saturated heterocycles. The van der Waals surface area contributed by atoms with Crippen molar-refractivity contribution in [1.82, 2.24) is 9.47 Å². The molecule has 3 heteroatoms. The van der Waals surface area contributed by atoms with E-state index in [1.54, 1.807) is 0 Å². The Morgan fingerprint density at radius 1 is 1.22 bits per heavy atom. The average Bonchev–Trinajstić information content (AvgIpc) is 3.03. The molecule has 0 unspecified atom stereocenters. The van der Waals surface area contributed by atoms with Crippen LogP contribution < -0.4 is 0 Å². The Labute approximate surface area is 138 Å². The molecule has 2 aromatic rings. The van der Waals surface area contributed by atoms with Crippen molar-refractivity contribution >= 4 is 11.5 Å². The lowest BCUT2D eigenvalue weighted by atomic mass is 10.0. The number of amides is 1. The highest BCUT2D eigenvalue weighted by atomic mass is 16.2. The molecule has 0 saturated carbocycles. The van der Waals surface area contributed by atoms with E-state index in [1.807, 2.05) is 11.0 Å². The van der Waals surface area contributed by atoms with Gasteiger partial charge in [-0.15, -0.1) is 0 Å². The molecule has 3 nitrogen and oxygen atoms in total. The number of hydrogen-bond acceptors (Lipinski definition) is 1. The van der Waals surface area contributed by atoms with Gasteiger partial charge in [-0.1, -0.05) is 36.8 Å². The van der Waals surface area contributed by atoms with Crippen molar-refractivity contribution in [2.24, 2.45) is 0 Å². The number of fused-ring (bicyclic) bond motifs is 1. The molecule has 1 aliphatic heterocycles. The number of aromatic nitrogens is 1. The number of carbonyl (C=O) groups is 1. The Hall–Kier alpha value is -2.29.